The van der Waals surface area contributed by atoms with Crippen LogP contribution >= 0.6 is 0 Å². The molecule has 0 aliphatic carbocycles. The van der Waals surface area contributed by atoms with E-state index in [0.717, 1.165) is 0 Å². The van der Waals surface area contributed by atoms with E-state index in [-0.39, 0.29) is 17.6 Å². The summed E-state index contributed by atoms with van der Waals surface area (Å²) in [7, 11) is 3.37. The number of carbonyl (C=O) groups excluding carboxylic acids is 2. The van der Waals surface area contributed by atoms with E-state index in [1.807, 2.05) is 0 Å². The zero-order chi connectivity index (χ0) is 13.1. The molecule has 1 aliphatic rings. The van der Waals surface area contributed by atoms with E-state index in [0.29, 0.717) is 19.6 Å². The van der Waals surface area contributed by atoms with E-state index in [2.05, 4.69) is 5.32 Å². The van der Waals surface area contributed by atoms with Gasteiger partial charge in [0.25, 0.3) is 5.91 Å². The molecule has 0 saturated carbocycles. The molecular formula is C12H17N3O3. The largest absolute Gasteiger partial charge is 0.459 e. The zero-order valence-corrected chi connectivity index (χ0v) is 10.5. The molecular weight excluding hydrogens is 234 g/mol. The second-order valence-electron chi connectivity index (χ2n) is 4.43. The monoisotopic (exact) mass is 251 g/mol. The molecule has 1 aromatic heterocycles. The van der Waals surface area contributed by atoms with Crippen LogP contribution in [-0.2, 0) is 4.79 Å². The second-order valence-corrected chi connectivity index (χ2v) is 4.43. The van der Waals surface area contributed by atoms with Crippen molar-refractivity contribution in [2.75, 3.05) is 33.7 Å². The summed E-state index contributed by atoms with van der Waals surface area (Å²) in [4.78, 5) is 27.3. The Balaban J connectivity index is 2.18. The average Bonchev–Trinajstić information content (AvgIpc) is 2.90. The van der Waals surface area contributed by atoms with Crippen molar-refractivity contribution in [3.05, 3.63) is 24.2 Å². The first kappa shape index (κ1) is 12.6. The minimum atomic E-state index is -0.466. The Morgan fingerprint density at radius 2 is 2.28 bits per heavy atom. The van der Waals surface area contributed by atoms with Gasteiger partial charge in [-0.25, -0.2) is 0 Å². The fourth-order valence-electron chi connectivity index (χ4n) is 2.01. The molecule has 0 spiro atoms. The predicted molar refractivity (Wildman–Crippen MR) is 65.1 cm³/mol. The van der Waals surface area contributed by atoms with Crippen molar-refractivity contribution >= 4 is 11.8 Å². The van der Waals surface area contributed by atoms with Crippen molar-refractivity contribution in [3.63, 3.8) is 0 Å². The molecule has 1 aromatic rings. The number of hydrogen-bond donors (Lipinski definition) is 1. The summed E-state index contributed by atoms with van der Waals surface area (Å²) in [6, 6.07) is 2.81. The molecule has 1 N–H and O–H groups in total. The van der Waals surface area contributed by atoms with Crippen LogP contribution in [0.4, 0.5) is 0 Å². The molecule has 0 aromatic carbocycles. The number of amides is 2. The van der Waals surface area contributed by atoms with Gasteiger partial charge in [-0.3, -0.25) is 9.59 Å². The first-order valence-corrected chi connectivity index (χ1v) is 5.87. The van der Waals surface area contributed by atoms with E-state index in [9.17, 15) is 9.59 Å². The average molecular weight is 251 g/mol. The van der Waals surface area contributed by atoms with Crippen molar-refractivity contribution in [2.45, 2.75) is 6.04 Å². The lowest BCUT2D eigenvalue weighted by molar-refractivity contribution is -0.134. The number of carbonyl (C=O) groups is 2. The predicted octanol–water partition coefficient (Wildman–Crippen LogP) is -0.218. The second kappa shape index (κ2) is 5.22. The third-order valence-electron chi connectivity index (χ3n) is 2.96. The van der Waals surface area contributed by atoms with Gasteiger partial charge in [0.05, 0.1) is 6.26 Å². The first-order valence-electron chi connectivity index (χ1n) is 5.87. The normalized spacial score (nSPS) is 19.7. The van der Waals surface area contributed by atoms with Crippen LogP contribution in [0, 0.1) is 0 Å². The quantitative estimate of drug-likeness (QED) is 0.789. The van der Waals surface area contributed by atoms with Crippen LogP contribution in [0.25, 0.3) is 0 Å². The van der Waals surface area contributed by atoms with Crippen molar-refractivity contribution in [3.8, 4) is 0 Å². The van der Waals surface area contributed by atoms with Gasteiger partial charge in [0, 0.05) is 33.7 Å². The molecule has 1 unspecified atom stereocenters. The van der Waals surface area contributed by atoms with Gasteiger partial charge in [-0.2, -0.15) is 0 Å². The maximum absolute atomic E-state index is 12.2. The standard InChI is InChI=1S/C12H17N3O3/c1-14(2)11(16)9-8-13-5-6-15(9)12(17)10-4-3-7-18-10/h3-4,7,9,13H,5-6,8H2,1-2H3. The lowest BCUT2D eigenvalue weighted by Crippen LogP contribution is -2.59. The molecule has 0 bridgehead atoms. The number of likely N-dealkylation sites (N-methyl/N-ethyl adjacent to an activating group) is 1. The highest BCUT2D eigenvalue weighted by Gasteiger charge is 2.34. The molecule has 2 amide bonds. The van der Waals surface area contributed by atoms with E-state index in [1.165, 1.54) is 11.2 Å². The summed E-state index contributed by atoms with van der Waals surface area (Å²) >= 11 is 0. The van der Waals surface area contributed by atoms with E-state index in [1.54, 1.807) is 31.1 Å². The highest BCUT2D eigenvalue weighted by atomic mass is 16.3. The molecule has 18 heavy (non-hydrogen) atoms. The third kappa shape index (κ3) is 2.38. The smallest absolute Gasteiger partial charge is 0.290 e. The molecule has 98 valence electrons. The van der Waals surface area contributed by atoms with Crippen molar-refractivity contribution in [2.24, 2.45) is 0 Å². The first-order chi connectivity index (χ1) is 8.61. The molecule has 6 heteroatoms. The number of furan rings is 1. The van der Waals surface area contributed by atoms with Gasteiger partial charge in [-0.1, -0.05) is 0 Å². The van der Waals surface area contributed by atoms with Gasteiger partial charge in [-0.05, 0) is 12.1 Å². The lowest BCUT2D eigenvalue weighted by Gasteiger charge is -2.35. The Morgan fingerprint density at radius 1 is 1.50 bits per heavy atom. The van der Waals surface area contributed by atoms with Crippen LogP contribution in [0.15, 0.2) is 22.8 Å². The van der Waals surface area contributed by atoms with Crippen LogP contribution in [0.2, 0.25) is 0 Å². The SMILES string of the molecule is CN(C)C(=O)C1CNCCN1C(=O)c1ccco1. The summed E-state index contributed by atoms with van der Waals surface area (Å²) in [5.41, 5.74) is 0. The minimum Gasteiger partial charge on any atom is -0.459 e. The highest BCUT2D eigenvalue weighted by Crippen LogP contribution is 2.12. The minimum absolute atomic E-state index is 0.0814. The molecule has 2 heterocycles. The zero-order valence-electron chi connectivity index (χ0n) is 10.5. The number of nitrogens with one attached hydrogen (secondary N) is 1. The van der Waals surface area contributed by atoms with Crippen molar-refractivity contribution < 1.29 is 14.0 Å². The van der Waals surface area contributed by atoms with Crippen LogP contribution in [0.5, 0.6) is 0 Å². The maximum Gasteiger partial charge on any atom is 0.290 e. The van der Waals surface area contributed by atoms with Crippen LogP contribution in [0.3, 0.4) is 0 Å². The molecule has 0 radical (unpaired) electrons. The van der Waals surface area contributed by atoms with Crippen LogP contribution < -0.4 is 5.32 Å². The number of piperazine rings is 1. The van der Waals surface area contributed by atoms with Gasteiger partial charge < -0.3 is 19.5 Å². The van der Waals surface area contributed by atoms with Gasteiger partial charge in [0.15, 0.2) is 5.76 Å². The molecule has 2 rings (SSSR count). The van der Waals surface area contributed by atoms with Gasteiger partial charge in [0.2, 0.25) is 5.91 Å². The van der Waals surface area contributed by atoms with E-state index < -0.39 is 6.04 Å². The Morgan fingerprint density at radius 3 is 2.89 bits per heavy atom. The fourth-order valence-corrected chi connectivity index (χ4v) is 2.01. The fraction of sp³-hybridized carbons (Fsp3) is 0.500. The number of nitrogens with zero attached hydrogens (tertiary/aromatic N) is 2. The molecule has 1 saturated heterocycles. The molecule has 1 fully saturated rings. The molecule has 1 atom stereocenters. The summed E-state index contributed by atoms with van der Waals surface area (Å²) in [5.74, 6) is -0.0442. The van der Waals surface area contributed by atoms with Gasteiger partial charge in [-0.15, -0.1) is 0 Å². The summed E-state index contributed by atoms with van der Waals surface area (Å²) in [6.07, 6.45) is 1.46. The molecule has 1 aliphatic heterocycles. The van der Waals surface area contributed by atoms with Crippen LogP contribution in [0.1, 0.15) is 10.6 Å². The van der Waals surface area contributed by atoms with E-state index in [4.69, 9.17) is 4.42 Å². The van der Waals surface area contributed by atoms with E-state index >= 15 is 0 Å². The van der Waals surface area contributed by atoms with Gasteiger partial charge >= 0.3 is 0 Å². The summed E-state index contributed by atoms with van der Waals surface area (Å²) in [6.45, 7) is 1.66. The maximum atomic E-state index is 12.2. The van der Waals surface area contributed by atoms with Gasteiger partial charge in [0.1, 0.15) is 6.04 Å². The Bertz CT molecular complexity index is 428. The summed E-state index contributed by atoms with van der Waals surface area (Å²) < 4.78 is 5.10. The lowest BCUT2D eigenvalue weighted by atomic mass is 10.1. The number of hydrogen-bond acceptors (Lipinski definition) is 4. The Labute approximate surface area is 106 Å². The highest BCUT2D eigenvalue weighted by molar-refractivity contribution is 5.95. The topological polar surface area (TPSA) is 65.8 Å². The van der Waals surface area contributed by atoms with Crippen LogP contribution in [-0.4, -0.2) is 61.4 Å². The Hall–Kier alpha value is -1.82. The Kier molecular flexibility index (Phi) is 3.66. The number of rotatable bonds is 2. The summed E-state index contributed by atoms with van der Waals surface area (Å²) in [5, 5.41) is 3.13. The van der Waals surface area contributed by atoms with Crippen molar-refractivity contribution in [1.29, 1.82) is 0 Å². The molecule has 6 nitrogen and oxygen atoms in total. The van der Waals surface area contributed by atoms with Crippen molar-refractivity contribution in [1.82, 2.24) is 15.1 Å². The third-order valence-corrected chi connectivity index (χ3v) is 2.96.